The highest BCUT2D eigenvalue weighted by Gasteiger charge is 2.27. The predicted octanol–water partition coefficient (Wildman–Crippen LogP) is 2.76. The summed E-state index contributed by atoms with van der Waals surface area (Å²) in [6, 6.07) is 0.387. The minimum Gasteiger partial charge on any atom is -0.379 e. The zero-order chi connectivity index (χ0) is 18.1. The van der Waals surface area contributed by atoms with Crippen molar-refractivity contribution in [3.05, 3.63) is 16.3 Å². The van der Waals surface area contributed by atoms with Crippen LogP contribution < -0.4 is 4.90 Å². The monoisotopic (exact) mass is 376 g/mol. The Balaban J connectivity index is 1.75. The summed E-state index contributed by atoms with van der Waals surface area (Å²) >= 11 is 1.79. The Bertz CT molecular complexity index is 772. The summed E-state index contributed by atoms with van der Waals surface area (Å²) in [4.78, 5) is 17.3. The van der Waals surface area contributed by atoms with Crippen LogP contribution in [0, 0.1) is 13.8 Å². The summed E-state index contributed by atoms with van der Waals surface area (Å²) in [5, 5.41) is 1.23. The molecule has 2 aliphatic rings. The van der Waals surface area contributed by atoms with Crippen LogP contribution in [-0.2, 0) is 16.0 Å². The minimum absolute atomic E-state index is 0.387. The van der Waals surface area contributed by atoms with E-state index in [2.05, 4.69) is 30.6 Å². The van der Waals surface area contributed by atoms with Crippen molar-refractivity contribution in [3.8, 4) is 0 Å². The van der Waals surface area contributed by atoms with Crippen LogP contribution in [-0.4, -0.2) is 67.0 Å². The van der Waals surface area contributed by atoms with Gasteiger partial charge in [-0.3, -0.25) is 4.90 Å². The lowest BCUT2D eigenvalue weighted by molar-refractivity contribution is 0.0331. The molecule has 2 aliphatic heterocycles. The zero-order valence-corrected chi connectivity index (χ0v) is 16.8. The molecule has 0 saturated carbocycles. The van der Waals surface area contributed by atoms with Crippen LogP contribution >= 0.6 is 11.3 Å². The molecule has 1 atom stereocenters. The zero-order valence-electron chi connectivity index (χ0n) is 16.0. The van der Waals surface area contributed by atoms with Crippen LogP contribution in [0.3, 0.4) is 0 Å². The van der Waals surface area contributed by atoms with Crippen LogP contribution in [0.4, 0.5) is 5.82 Å². The molecular formula is C19H28N4O2S. The molecule has 6 nitrogen and oxygen atoms in total. The normalized spacial score (nSPS) is 22.3. The number of aromatic nitrogens is 2. The van der Waals surface area contributed by atoms with Crippen molar-refractivity contribution >= 4 is 27.4 Å². The van der Waals surface area contributed by atoms with Crippen molar-refractivity contribution in [1.29, 1.82) is 0 Å². The molecule has 0 radical (unpaired) electrons. The number of morpholine rings is 2. The minimum atomic E-state index is 0.387. The van der Waals surface area contributed by atoms with Gasteiger partial charge < -0.3 is 14.4 Å². The van der Waals surface area contributed by atoms with Crippen LogP contribution in [0.15, 0.2) is 0 Å². The van der Waals surface area contributed by atoms with E-state index < -0.39 is 0 Å². The smallest absolute Gasteiger partial charge is 0.146 e. The quantitative estimate of drug-likeness (QED) is 0.818. The molecule has 4 heterocycles. The number of fused-ring (bicyclic) bond motifs is 1. The molecule has 4 rings (SSSR count). The van der Waals surface area contributed by atoms with Crippen LogP contribution in [0.2, 0.25) is 0 Å². The van der Waals surface area contributed by atoms with Gasteiger partial charge in [0.15, 0.2) is 0 Å². The summed E-state index contributed by atoms with van der Waals surface area (Å²) in [6.45, 7) is 13.4. The Morgan fingerprint density at radius 2 is 1.85 bits per heavy atom. The van der Waals surface area contributed by atoms with Crippen LogP contribution in [0.5, 0.6) is 0 Å². The summed E-state index contributed by atoms with van der Waals surface area (Å²) in [6.07, 6.45) is 1.06. The number of rotatable bonds is 4. The summed E-state index contributed by atoms with van der Waals surface area (Å²) in [5.41, 5.74) is 1.32. The van der Waals surface area contributed by atoms with Gasteiger partial charge in [0.2, 0.25) is 0 Å². The van der Waals surface area contributed by atoms with Crippen molar-refractivity contribution in [2.24, 2.45) is 0 Å². The van der Waals surface area contributed by atoms with E-state index in [0.29, 0.717) is 6.04 Å². The number of hydrogen-bond acceptors (Lipinski definition) is 7. The molecule has 26 heavy (non-hydrogen) atoms. The van der Waals surface area contributed by atoms with Gasteiger partial charge in [0.1, 0.15) is 16.5 Å². The van der Waals surface area contributed by atoms with Gasteiger partial charge >= 0.3 is 0 Å². The maximum atomic E-state index is 5.72. The Kier molecular flexibility index (Phi) is 5.40. The summed E-state index contributed by atoms with van der Waals surface area (Å²) < 4.78 is 11.2. The van der Waals surface area contributed by atoms with Crippen molar-refractivity contribution < 1.29 is 9.47 Å². The maximum absolute atomic E-state index is 5.72. The first-order valence-corrected chi connectivity index (χ1v) is 10.4. The molecule has 1 unspecified atom stereocenters. The molecule has 2 aromatic heterocycles. The topological polar surface area (TPSA) is 50.7 Å². The number of aryl methyl sites for hydroxylation is 2. The van der Waals surface area contributed by atoms with E-state index in [0.717, 1.165) is 75.5 Å². The molecule has 0 aromatic carbocycles. The number of hydrogen-bond donors (Lipinski definition) is 0. The third-order valence-electron chi connectivity index (χ3n) is 5.50. The number of anilines is 1. The van der Waals surface area contributed by atoms with E-state index in [1.807, 2.05) is 0 Å². The second-order valence-electron chi connectivity index (χ2n) is 7.15. The van der Waals surface area contributed by atoms with Crippen molar-refractivity contribution in [2.75, 3.05) is 51.0 Å². The first kappa shape index (κ1) is 18.1. The van der Waals surface area contributed by atoms with Gasteiger partial charge in [0.05, 0.1) is 44.4 Å². The molecular weight excluding hydrogens is 348 g/mol. The predicted molar refractivity (Wildman–Crippen MR) is 105 cm³/mol. The molecule has 2 fully saturated rings. The molecule has 0 aliphatic carbocycles. The highest BCUT2D eigenvalue weighted by molar-refractivity contribution is 7.18. The Morgan fingerprint density at radius 1 is 1.08 bits per heavy atom. The molecule has 0 N–H and O–H groups in total. The fourth-order valence-electron chi connectivity index (χ4n) is 3.78. The fourth-order valence-corrected chi connectivity index (χ4v) is 4.82. The lowest BCUT2D eigenvalue weighted by atomic mass is 10.1. The van der Waals surface area contributed by atoms with Crippen molar-refractivity contribution in [3.63, 3.8) is 0 Å². The molecule has 142 valence electrons. The third kappa shape index (κ3) is 3.45. The highest BCUT2D eigenvalue weighted by Crippen LogP contribution is 2.36. The molecule has 2 saturated heterocycles. The number of ether oxygens (including phenoxy) is 2. The largest absolute Gasteiger partial charge is 0.379 e. The summed E-state index contributed by atoms with van der Waals surface area (Å²) in [7, 11) is 0. The van der Waals surface area contributed by atoms with Gasteiger partial charge in [-0.25, -0.2) is 9.97 Å². The number of nitrogens with zero attached hydrogens (tertiary/aromatic N) is 4. The highest BCUT2D eigenvalue weighted by atomic mass is 32.1. The lowest BCUT2D eigenvalue weighted by Gasteiger charge is -2.36. The van der Waals surface area contributed by atoms with E-state index >= 15 is 0 Å². The molecule has 7 heteroatoms. The molecule has 2 aromatic rings. The lowest BCUT2D eigenvalue weighted by Crippen LogP contribution is -2.46. The second-order valence-corrected chi connectivity index (χ2v) is 8.35. The van der Waals surface area contributed by atoms with E-state index in [9.17, 15) is 0 Å². The average Bonchev–Trinajstić information content (AvgIpc) is 2.96. The first-order chi connectivity index (χ1) is 12.7. The fraction of sp³-hybridized carbons (Fsp3) is 0.684. The van der Waals surface area contributed by atoms with Gasteiger partial charge in [-0.15, -0.1) is 11.3 Å². The standard InChI is InChI=1S/C19H28N4O2S/c1-4-15-12-25-10-7-23(15)18-17-13(2)14(3)26-19(17)21-16(20-18)11-22-5-8-24-9-6-22/h15H,4-12H2,1-3H3. The summed E-state index contributed by atoms with van der Waals surface area (Å²) in [5.74, 6) is 2.03. The van der Waals surface area contributed by atoms with Crippen LogP contribution in [0.25, 0.3) is 10.2 Å². The maximum Gasteiger partial charge on any atom is 0.146 e. The Hall–Kier alpha value is -1.28. The van der Waals surface area contributed by atoms with E-state index in [-0.39, 0.29) is 0 Å². The van der Waals surface area contributed by atoms with Crippen molar-refractivity contribution in [2.45, 2.75) is 39.8 Å². The van der Waals surface area contributed by atoms with E-state index in [1.54, 1.807) is 11.3 Å². The average molecular weight is 377 g/mol. The van der Waals surface area contributed by atoms with Gasteiger partial charge in [0, 0.05) is 24.5 Å². The number of thiophene rings is 1. The SMILES string of the molecule is CCC1COCCN1c1nc(CN2CCOCC2)nc2sc(C)c(C)c12. The van der Waals surface area contributed by atoms with Gasteiger partial charge in [-0.1, -0.05) is 6.92 Å². The van der Waals surface area contributed by atoms with Gasteiger partial charge in [-0.2, -0.15) is 0 Å². The second kappa shape index (κ2) is 7.76. The van der Waals surface area contributed by atoms with E-state index in [1.165, 1.54) is 15.8 Å². The van der Waals surface area contributed by atoms with Crippen molar-refractivity contribution in [1.82, 2.24) is 14.9 Å². The van der Waals surface area contributed by atoms with Crippen LogP contribution in [0.1, 0.15) is 29.6 Å². The molecule has 0 amide bonds. The Labute approximate surface area is 159 Å². The first-order valence-electron chi connectivity index (χ1n) is 9.58. The van der Waals surface area contributed by atoms with E-state index in [4.69, 9.17) is 19.4 Å². The Morgan fingerprint density at radius 3 is 2.62 bits per heavy atom. The molecule has 0 bridgehead atoms. The molecule has 0 spiro atoms. The van der Waals surface area contributed by atoms with Gasteiger partial charge in [0.25, 0.3) is 0 Å². The van der Waals surface area contributed by atoms with Gasteiger partial charge in [-0.05, 0) is 25.8 Å². The third-order valence-corrected chi connectivity index (χ3v) is 6.60.